The quantitative estimate of drug-likeness (QED) is 0.233. The standard InChI is InChI=1S/C8H18O4.C6H14O3.C5H12O2/c1-3-7(10)5-12-6-8(4-9)11-2;1-2-3-9-5-6(8)4-7;1-3-5(4-6)7-2/h7-10H,3-6H2,1-2H3;6-8H,2-5H2,1H3;5-6H,3-4H2,1-2H3. The van der Waals surface area contributed by atoms with Crippen LogP contribution in [0, 0.1) is 0 Å². The van der Waals surface area contributed by atoms with Crippen molar-refractivity contribution in [1.29, 1.82) is 0 Å². The summed E-state index contributed by atoms with van der Waals surface area (Å²) in [5, 5.41) is 43.2. The molecule has 5 N–H and O–H groups in total. The molecule has 0 aromatic rings. The van der Waals surface area contributed by atoms with Crippen LogP contribution in [0.25, 0.3) is 0 Å². The van der Waals surface area contributed by atoms with Gasteiger partial charge in [-0.15, -0.1) is 0 Å². The molecule has 0 saturated heterocycles. The van der Waals surface area contributed by atoms with E-state index in [9.17, 15) is 0 Å². The molecule has 0 rings (SSSR count). The molecule has 0 heterocycles. The van der Waals surface area contributed by atoms with Crippen LogP contribution in [-0.4, -0.2) is 110 Å². The van der Waals surface area contributed by atoms with Gasteiger partial charge in [0.15, 0.2) is 0 Å². The molecule has 0 spiro atoms. The molecule has 0 amide bonds. The number of aliphatic hydroxyl groups excluding tert-OH is 5. The van der Waals surface area contributed by atoms with Gasteiger partial charge in [-0.05, 0) is 19.3 Å². The summed E-state index contributed by atoms with van der Waals surface area (Å²) in [6, 6.07) is 0. The number of rotatable bonds is 15. The van der Waals surface area contributed by atoms with Gasteiger partial charge in [-0.25, -0.2) is 0 Å². The summed E-state index contributed by atoms with van der Waals surface area (Å²) in [5.41, 5.74) is 0. The van der Waals surface area contributed by atoms with E-state index in [1.54, 1.807) is 7.11 Å². The fourth-order valence-electron chi connectivity index (χ4n) is 1.44. The zero-order valence-corrected chi connectivity index (χ0v) is 18.2. The largest absolute Gasteiger partial charge is 0.394 e. The van der Waals surface area contributed by atoms with E-state index in [1.165, 1.54) is 7.11 Å². The molecule has 0 fully saturated rings. The van der Waals surface area contributed by atoms with Crippen molar-refractivity contribution < 1.29 is 44.5 Å². The van der Waals surface area contributed by atoms with Crippen molar-refractivity contribution in [2.75, 3.05) is 60.5 Å². The Labute approximate surface area is 170 Å². The molecule has 4 atom stereocenters. The summed E-state index contributed by atoms with van der Waals surface area (Å²) >= 11 is 0. The van der Waals surface area contributed by atoms with Crippen LogP contribution in [0.3, 0.4) is 0 Å². The molecule has 0 aromatic heterocycles. The lowest BCUT2D eigenvalue weighted by Crippen LogP contribution is -2.25. The molecule has 28 heavy (non-hydrogen) atoms. The highest BCUT2D eigenvalue weighted by atomic mass is 16.5. The Morgan fingerprint density at radius 3 is 1.50 bits per heavy atom. The van der Waals surface area contributed by atoms with Crippen molar-refractivity contribution in [3.63, 3.8) is 0 Å². The Morgan fingerprint density at radius 1 is 0.643 bits per heavy atom. The van der Waals surface area contributed by atoms with Gasteiger partial charge in [0.05, 0.1) is 51.8 Å². The van der Waals surface area contributed by atoms with E-state index in [4.69, 9.17) is 44.5 Å². The summed E-state index contributed by atoms with van der Waals surface area (Å²) in [5.74, 6) is 0. The molecule has 0 aliphatic rings. The van der Waals surface area contributed by atoms with Gasteiger partial charge in [-0.3, -0.25) is 0 Å². The van der Waals surface area contributed by atoms with Crippen molar-refractivity contribution >= 4 is 0 Å². The van der Waals surface area contributed by atoms with E-state index in [-0.39, 0.29) is 38.6 Å². The highest BCUT2D eigenvalue weighted by molar-refractivity contribution is 4.54. The van der Waals surface area contributed by atoms with Crippen molar-refractivity contribution in [1.82, 2.24) is 0 Å². The minimum atomic E-state index is -0.712. The molecule has 0 aliphatic heterocycles. The number of hydrogen-bond acceptors (Lipinski definition) is 9. The summed E-state index contributed by atoms with van der Waals surface area (Å²) in [4.78, 5) is 0. The van der Waals surface area contributed by atoms with Crippen LogP contribution >= 0.6 is 0 Å². The van der Waals surface area contributed by atoms with E-state index in [0.717, 1.165) is 12.8 Å². The van der Waals surface area contributed by atoms with Crippen LogP contribution in [0.4, 0.5) is 0 Å². The van der Waals surface area contributed by atoms with Gasteiger partial charge in [0.1, 0.15) is 12.2 Å². The van der Waals surface area contributed by atoms with Gasteiger partial charge in [0.25, 0.3) is 0 Å². The van der Waals surface area contributed by atoms with Gasteiger partial charge in [0, 0.05) is 20.8 Å². The van der Waals surface area contributed by atoms with E-state index >= 15 is 0 Å². The fraction of sp³-hybridized carbons (Fsp3) is 1.00. The number of methoxy groups -OCH3 is 2. The average Bonchev–Trinajstić information content (AvgIpc) is 2.73. The first-order valence-electron chi connectivity index (χ1n) is 9.79. The Hall–Kier alpha value is -0.360. The number of aliphatic hydroxyl groups is 5. The molecule has 174 valence electrons. The predicted octanol–water partition coefficient (Wildman–Crippen LogP) is -0.0489. The molecule has 0 radical (unpaired) electrons. The lowest BCUT2D eigenvalue weighted by Gasteiger charge is -2.14. The minimum absolute atomic E-state index is 0.0417. The second-order valence-corrected chi connectivity index (χ2v) is 6.00. The van der Waals surface area contributed by atoms with E-state index in [2.05, 4.69) is 0 Å². The predicted molar refractivity (Wildman–Crippen MR) is 107 cm³/mol. The number of hydrogen-bond donors (Lipinski definition) is 5. The maximum Gasteiger partial charge on any atom is 0.103 e. The second-order valence-electron chi connectivity index (χ2n) is 6.00. The third-order valence-corrected chi connectivity index (χ3v) is 3.48. The van der Waals surface area contributed by atoms with Crippen LogP contribution in [0.1, 0.15) is 40.0 Å². The first kappa shape index (κ1) is 32.3. The second kappa shape index (κ2) is 26.6. The van der Waals surface area contributed by atoms with E-state index in [0.29, 0.717) is 26.2 Å². The molecule has 0 aromatic carbocycles. The third-order valence-electron chi connectivity index (χ3n) is 3.48. The summed E-state index contributed by atoms with van der Waals surface area (Å²) in [6.07, 6.45) is 1.13. The Balaban J connectivity index is -0.000000349. The van der Waals surface area contributed by atoms with E-state index < -0.39 is 12.2 Å². The maximum absolute atomic E-state index is 9.09. The van der Waals surface area contributed by atoms with Crippen LogP contribution in [0.15, 0.2) is 0 Å². The molecular weight excluding hydrogens is 372 g/mol. The smallest absolute Gasteiger partial charge is 0.103 e. The van der Waals surface area contributed by atoms with Crippen LogP contribution in [0.2, 0.25) is 0 Å². The molecule has 0 aliphatic carbocycles. The third kappa shape index (κ3) is 25.6. The zero-order valence-electron chi connectivity index (χ0n) is 18.2. The Kier molecular flexibility index (Phi) is 30.7. The highest BCUT2D eigenvalue weighted by Crippen LogP contribution is 1.94. The lowest BCUT2D eigenvalue weighted by molar-refractivity contribution is -0.0419. The van der Waals surface area contributed by atoms with Crippen LogP contribution < -0.4 is 0 Å². The summed E-state index contributed by atoms with van der Waals surface area (Å²) < 4.78 is 19.7. The van der Waals surface area contributed by atoms with Gasteiger partial charge in [-0.2, -0.15) is 0 Å². The fourth-order valence-corrected chi connectivity index (χ4v) is 1.44. The topological polar surface area (TPSA) is 138 Å². The maximum atomic E-state index is 9.09. The summed E-state index contributed by atoms with van der Waals surface area (Å²) in [7, 11) is 3.12. The average molecular weight is 417 g/mol. The monoisotopic (exact) mass is 416 g/mol. The lowest BCUT2D eigenvalue weighted by atomic mass is 10.3. The first-order chi connectivity index (χ1) is 13.4. The van der Waals surface area contributed by atoms with Crippen molar-refractivity contribution in [3.05, 3.63) is 0 Å². The van der Waals surface area contributed by atoms with Gasteiger partial charge >= 0.3 is 0 Å². The van der Waals surface area contributed by atoms with Crippen molar-refractivity contribution in [3.8, 4) is 0 Å². The van der Waals surface area contributed by atoms with Crippen molar-refractivity contribution in [2.45, 2.75) is 64.4 Å². The normalized spacial score (nSPS) is 14.8. The Morgan fingerprint density at radius 2 is 1.18 bits per heavy atom. The zero-order chi connectivity index (χ0) is 22.2. The minimum Gasteiger partial charge on any atom is -0.394 e. The van der Waals surface area contributed by atoms with Gasteiger partial charge < -0.3 is 44.5 Å². The molecule has 4 unspecified atom stereocenters. The van der Waals surface area contributed by atoms with Gasteiger partial charge in [0.2, 0.25) is 0 Å². The van der Waals surface area contributed by atoms with Gasteiger partial charge in [-0.1, -0.05) is 20.8 Å². The molecule has 9 nitrogen and oxygen atoms in total. The number of ether oxygens (including phenoxy) is 4. The highest BCUT2D eigenvalue weighted by Gasteiger charge is 2.06. The molecule has 0 saturated carbocycles. The van der Waals surface area contributed by atoms with E-state index in [1.807, 2.05) is 20.8 Å². The van der Waals surface area contributed by atoms with Crippen LogP contribution in [-0.2, 0) is 18.9 Å². The summed E-state index contributed by atoms with van der Waals surface area (Å²) in [6.45, 7) is 7.22. The first-order valence-corrected chi connectivity index (χ1v) is 9.79. The van der Waals surface area contributed by atoms with Crippen molar-refractivity contribution in [2.24, 2.45) is 0 Å². The Bertz CT molecular complexity index is 256. The van der Waals surface area contributed by atoms with Crippen LogP contribution in [0.5, 0.6) is 0 Å². The SMILES string of the molecule is CCC(CO)OC.CCC(O)COCC(CO)OC.CCCOCC(O)CO. The molecular formula is C19H44O9. The molecule has 0 bridgehead atoms. The molecule has 9 heteroatoms.